The lowest BCUT2D eigenvalue weighted by atomic mass is 10.1. The number of hydrogen-bond acceptors (Lipinski definition) is 4. The lowest BCUT2D eigenvalue weighted by Crippen LogP contribution is -2.19. The molecule has 4 nitrogen and oxygen atoms in total. The normalized spacial score (nSPS) is 12.1. The van der Waals surface area contributed by atoms with Crippen LogP contribution in [0.3, 0.4) is 0 Å². The van der Waals surface area contributed by atoms with Crippen molar-refractivity contribution in [3.8, 4) is 0 Å². The van der Waals surface area contributed by atoms with Crippen LogP contribution in [0.15, 0.2) is 41.0 Å². The Morgan fingerprint density at radius 3 is 2.78 bits per heavy atom. The summed E-state index contributed by atoms with van der Waals surface area (Å²) in [6.07, 6.45) is 2.58. The van der Waals surface area contributed by atoms with E-state index in [-0.39, 0.29) is 12.0 Å². The van der Waals surface area contributed by atoms with Crippen LogP contribution in [-0.2, 0) is 6.42 Å². The molecule has 1 aromatic carbocycles. The minimum absolute atomic E-state index is 0.262. The number of nitrogens with one attached hydrogen (secondary N) is 1. The standard InChI is InChI=1S/C13H15BrN4/c1-9(7-10-5-3-2-4-6-10)17-12-11(14)8-16-13(15)18-12/h2-6,8-9H,7H2,1H3,(H3,15,16,17,18). The molecule has 94 valence electrons. The Morgan fingerprint density at radius 2 is 2.06 bits per heavy atom. The number of halogens is 1. The van der Waals surface area contributed by atoms with E-state index < -0.39 is 0 Å². The highest BCUT2D eigenvalue weighted by atomic mass is 79.9. The largest absolute Gasteiger partial charge is 0.368 e. The first kappa shape index (κ1) is 12.8. The molecule has 0 bridgehead atoms. The van der Waals surface area contributed by atoms with E-state index in [1.54, 1.807) is 6.20 Å². The van der Waals surface area contributed by atoms with Gasteiger partial charge in [0.25, 0.3) is 0 Å². The van der Waals surface area contributed by atoms with Crippen LogP contribution in [0.1, 0.15) is 12.5 Å². The zero-order valence-corrected chi connectivity index (χ0v) is 11.7. The van der Waals surface area contributed by atoms with E-state index in [1.807, 2.05) is 18.2 Å². The zero-order valence-electron chi connectivity index (χ0n) is 10.1. The Morgan fingerprint density at radius 1 is 1.33 bits per heavy atom. The Kier molecular flexibility index (Phi) is 4.15. The number of benzene rings is 1. The van der Waals surface area contributed by atoms with Crippen molar-refractivity contribution in [2.24, 2.45) is 0 Å². The molecule has 1 aromatic heterocycles. The van der Waals surface area contributed by atoms with Crippen LogP contribution in [0.4, 0.5) is 11.8 Å². The van der Waals surface area contributed by atoms with Crippen molar-refractivity contribution in [1.29, 1.82) is 0 Å². The van der Waals surface area contributed by atoms with Crippen molar-refractivity contribution in [3.63, 3.8) is 0 Å². The van der Waals surface area contributed by atoms with Gasteiger partial charge < -0.3 is 11.1 Å². The average Bonchev–Trinajstić information content (AvgIpc) is 2.35. The molecule has 18 heavy (non-hydrogen) atoms. The molecular weight excluding hydrogens is 292 g/mol. The number of hydrogen-bond donors (Lipinski definition) is 2. The van der Waals surface area contributed by atoms with Crippen LogP contribution in [0.5, 0.6) is 0 Å². The minimum Gasteiger partial charge on any atom is -0.368 e. The van der Waals surface area contributed by atoms with Crippen LogP contribution in [0, 0.1) is 0 Å². The molecule has 5 heteroatoms. The highest BCUT2D eigenvalue weighted by Crippen LogP contribution is 2.20. The van der Waals surface area contributed by atoms with E-state index in [4.69, 9.17) is 5.73 Å². The summed E-state index contributed by atoms with van der Waals surface area (Å²) in [5.41, 5.74) is 6.86. The molecule has 0 fully saturated rings. The molecular formula is C13H15BrN4. The van der Waals surface area contributed by atoms with Crippen LogP contribution in [-0.4, -0.2) is 16.0 Å². The summed E-state index contributed by atoms with van der Waals surface area (Å²) in [5, 5.41) is 3.32. The van der Waals surface area contributed by atoms with Gasteiger partial charge in [0.2, 0.25) is 5.95 Å². The number of aromatic nitrogens is 2. The van der Waals surface area contributed by atoms with E-state index in [9.17, 15) is 0 Å². The summed E-state index contributed by atoms with van der Waals surface area (Å²) in [4.78, 5) is 8.07. The van der Waals surface area contributed by atoms with Gasteiger partial charge in [-0.1, -0.05) is 30.3 Å². The van der Waals surface area contributed by atoms with Gasteiger partial charge in [-0.3, -0.25) is 0 Å². The third-order valence-electron chi connectivity index (χ3n) is 2.53. The van der Waals surface area contributed by atoms with Gasteiger partial charge in [0.05, 0.1) is 4.47 Å². The molecule has 2 rings (SSSR count). The highest BCUT2D eigenvalue weighted by Gasteiger charge is 2.08. The summed E-state index contributed by atoms with van der Waals surface area (Å²) in [6.45, 7) is 2.11. The molecule has 0 saturated carbocycles. The molecule has 3 N–H and O–H groups in total. The lowest BCUT2D eigenvalue weighted by molar-refractivity contribution is 0.783. The molecule has 1 unspecified atom stereocenters. The first-order chi connectivity index (χ1) is 8.65. The van der Waals surface area contributed by atoms with E-state index >= 15 is 0 Å². The first-order valence-corrected chi connectivity index (χ1v) is 6.53. The zero-order chi connectivity index (χ0) is 13.0. The Balaban J connectivity index is 2.03. The molecule has 1 atom stereocenters. The van der Waals surface area contributed by atoms with Crippen LogP contribution in [0.2, 0.25) is 0 Å². The maximum absolute atomic E-state index is 5.57. The molecule has 0 aliphatic heterocycles. The molecule has 0 aliphatic rings. The van der Waals surface area contributed by atoms with Gasteiger partial charge in [-0.2, -0.15) is 4.98 Å². The van der Waals surface area contributed by atoms with Crippen LogP contribution in [0.25, 0.3) is 0 Å². The molecule has 0 amide bonds. The average molecular weight is 307 g/mol. The number of nitrogen functional groups attached to an aromatic ring is 1. The topological polar surface area (TPSA) is 63.8 Å². The second-order valence-corrected chi connectivity index (χ2v) is 5.01. The fourth-order valence-electron chi connectivity index (χ4n) is 1.73. The number of anilines is 2. The summed E-state index contributed by atoms with van der Waals surface area (Å²) in [6, 6.07) is 10.6. The second-order valence-electron chi connectivity index (χ2n) is 4.16. The molecule has 0 aliphatic carbocycles. The molecule has 0 radical (unpaired) electrons. The van der Waals surface area contributed by atoms with E-state index in [0.717, 1.165) is 16.7 Å². The molecule has 1 heterocycles. The SMILES string of the molecule is CC(Cc1ccccc1)Nc1nc(N)ncc1Br. The van der Waals surface area contributed by atoms with E-state index in [1.165, 1.54) is 5.56 Å². The van der Waals surface area contributed by atoms with Crippen molar-refractivity contribution in [3.05, 3.63) is 46.6 Å². The third-order valence-corrected chi connectivity index (χ3v) is 3.11. The van der Waals surface area contributed by atoms with Crippen LogP contribution < -0.4 is 11.1 Å². The van der Waals surface area contributed by atoms with Crippen molar-refractivity contribution in [1.82, 2.24) is 9.97 Å². The Hall–Kier alpha value is -1.62. The predicted octanol–water partition coefficient (Wildman–Crippen LogP) is 2.86. The maximum Gasteiger partial charge on any atom is 0.221 e. The highest BCUT2D eigenvalue weighted by molar-refractivity contribution is 9.10. The minimum atomic E-state index is 0.262. The van der Waals surface area contributed by atoms with Gasteiger partial charge >= 0.3 is 0 Å². The quantitative estimate of drug-likeness (QED) is 0.911. The predicted molar refractivity (Wildman–Crippen MR) is 77.4 cm³/mol. The summed E-state index contributed by atoms with van der Waals surface area (Å²) < 4.78 is 0.816. The van der Waals surface area contributed by atoms with E-state index in [0.29, 0.717) is 0 Å². The van der Waals surface area contributed by atoms with Crippen molar-refractivity contribution < 1.29 is 0 Å². The molecule has 0 saturated heterocycles. The summed E-state index contributed by atoms with van der Waals surface area (Å²) in [7, 11) is 0. The van der Waals surface area contributed by atoms with Gasteiger partial charge in [-0.15, -0.1) is 0 Å². The first-order valence-electron chi connectivity index (χ1n) is 5.73. The van der Waals surface area contributed by atoms with Gasteiger partial charge in [0.15, 0.2) is 0 Å². The smallest absolute Gasteiger partial charge is 0.221 e. The van der Waals surface area contributed by atoms with Crippen molar-refractivity contribution in [2.75, 3.05) is 11.1 Å². The van der Waals surface area contributed by atoms with E-state index in [2.05, 4.69) is 50.3 Å². The maximum atomic E-state index is 5.57. The summed E-state index contributed by atoms with van der Waals surface area (Å²) >= 11 is 3.40. The summed E-state index contributed by atoms with van der Waals surface area (Å²) in [5.74, 6) is 0.999. The Bertz CT molecular complexity index is 516. The number of rotatable bonds is 4. The number of nitrogens with two attached hydrogens (primary N) is 1. The van der Waals surface area contributed by atoms with Gasteiger partial charge in [0.1, 0.15) is 5.82 Å². The van der Waals surface area contributed by atoms with Gasteiger partial charge in [-0.25, -0.2) is 4.98 Å². The third kappa shape index (κ3) is 3.43. The monoisotopic (exact) mass is 306 g/mol. The second kappa shape index (κ2) is 5.82. The van der Waals surface area contributed by atoms with Crippen molar-refractivity contribution in [2.45, 2.75) is 19.4 Å². The Labute approximate surface area is 115 Å². The van der Waals surface area contributed by atoms with Gasteiger partial charge in [-0.05, 0) is 34.8 Å². The molecule has 2 aromatic rings. The molecule has 0 spiro atoms. The fraction of sp³-hybridized carbons (Fsp3) is 0.231. The fourth-order valence-corrected chi connectivity index (χ4v) is 2.04. The van der Waals surface area contributed by atoms with Crippen molar-refractivity contribution >= 4 is 27.7 Å². The van der Waals surface area contributed by atoms with Crippen LogP contribution >= 0.6 is 15.9 Å². The van der Waals surface area contributed by atoms with Gasteiger partial charge in [0, 0.05) is 12.2 Å². The number of nitrogens with zero attached hydrogens (tertiary/aromatic N) is 2. The lowest BCUT2D eigenvalue weighted by Gasteiger charge is -2.15.